The molecule has 1 unspecified atom stereocenters. The quantitative estimate of drug-likeness (QED) is 0.390. The molecule has 1 saturated carbocycles. The van der Waals surface area contributed by atoms with E-state index in [1.54, 1.807) is 18.2 Å². The number of nitrogens with two attached hydrogens (primary N) is 1. The molecule has 3 atom stereocenters. The maximum Gasteiger partial charge on any atom is 0.238 e. The maximum absolute atomic E-state index is 12.8. The van der Waals surface area contributed by atoms with Gasteiger partial charge >= 0.3 is 0 Å². The van der Waals surface area contributed by atoms with Gasteiger partial charge in [-0.2, -0.15) is 0 Å². The van der Waals surface area contributed by atoms with Gasteiger partial charge in [0, 0.05) is 0 Å². The summed E-state index contributed by atoms with van der Waals surface area (Å²) < 4.78 is 30.3. The number of oxazole rings is 1. The number of carbonyl (C=O) groups excluding carboxylic acids is 1. The Kier molecular flexibility index (Phi) is 7.11. The summed E-state index contributed by atoms with van der Waals surface area (Å²) in [5, 5.41) is 13.8. The lowest BCUT2D eigenvalue weighted by molar-refractivity contribution is -0.123. The number of nitrogens with zero attached hydrogens (tertiary/aromatic N) is 1. The van der Waals surface area contributed by atoms with Gasteiger partial charge in [0.1, 0.15) is 5.52 Å². The fourth-order valence-electron chi connectivity index (χ4n) is 3.82. The largest absolute Gasteiger partial charge is 0.438 e. The zero-order valence-electron chi connectivity index (χ0n) is 18.3. The summed E-state index contributed by atoms with van der Waals surface area (Å²) in [5.41, 5.74) is 8.11. The third-order valence-corrected chi connectivity index (χ3v) is 7.66. The van der Waals surface area contributed by atoms with Gasteiger partial charge in [-0.15, -0.1) is 0 Å². The van der Waals surface area contributed by atoms with Crippen molar-refractivity contribution < 1.29 is 22.7 Å². The molecule has 1 aliphatic rings. The maximum atomic E-state index is 12.8. The predicted octanol–water partition coefficient (Wildman–Crippen LogP) is 2.13. The van der Waals surface area contributed by atoms with E-state index < -0.39 is 39.7 Å². The molecule has 0 bridgehead atoms. The van der Waals surface area contributed by atoms with E-state index in [2.05, 4.69) is 10.3 Å². The van der Waals surface area contributed by atoms with Crippen LogP contribution >= 0.6 is 0 Å². The van der Waals surface area contributed by atoms with E-state index in [1.165, 1.54) is 0 Å². The molecule has 3 aromatic rings. The first kappa shape index (κ1) is 23.4. The Labute approximate surface area is 193 Å². The fraction of sp³-hybridized carbons (Fsp3) is 0.417. The van der Waals surface area contributed by atoms with Crippen LogP contribution in [0.15, 0.2) is 59.0 Å². The Bertz CT molecular complexity index is 1160. The number of aryl methyl sites for hydroxylation is 1. The van der Waals surface area contributed by atoms with E-state index in [0.717, 1.165) is 18.4 Å². The summed E-state index contributed by atoms with van der Waals surface area (Å²) in [6, 6.07) is 14.8. The molecule has 0 spiro atoms. The van der Waals surface area contributed by atoms with Crippen LogP contribution in [0, 0.1) is 5.92 Å². The van der Waals surface area contributed by atoms with Crippen molar-refractivity contribution in [3.8, 4) is 0 Å². The Morgan fingerprint density at radius 1 is 1.15 bits per heavy atom. The normalized spacial score (nSPS) is 16.9. The van der Waals surface area contributed by atoms with Crippen LogP contribution in [-0.2, 0) is 21.1 Å². The zero-order valence-corrected chi connectivity index (χ0v) is 19.1. The number of sulfone groups is 1. The van der Waals surface area contributed by atoms with Crippen LogP contribution < -0.4 is 11.1 Å². The first-order chi connectivity index (χ1) is 15.8. The molecule has 1 fully saturated rings. The molecule has 0 radical (unpaired) electrons. The highest BCUT2D eigenvalue weighted by molar-refractivity contribution is 7.91. The van der Waals surface area contributed by atoms with Crippen LogP contribution in [-0.4, -0.2) is 48.0 Å². The molecule has 1 aromatic heterocycles. The van der Waals surface area contributed by atoms with Crippen molar-refractivity contribution in [2.45, 2.75) is 43.9 Å². The lowest BCUT2D eigenvalue weighted by Gasteiger charge is -2.24. The number of fused-ring (bicyclic) bond motifs is 1. The Hall–Kier alpha value is -2.75. The molecule has 4 N–H and O–H groups in total. The average Bonchev–Trinajstić information content (AvgIpc) is 3.48. The second kappa shape index (κ2) is 10.0. The van der Waals surface area contributed by atoms with Gasteiger partial charge in [-0.25, -0.2) is 13.4 Å². The minimum Gasteiger partial charge on any atom is -0.438 e. The van der Waals surface area contributed by atoms with Crippen LogP contribution in [0.2, 0.25) is 0 Å². The Morgan fingerprint density at radius 3 is 2.55 bits per heavy atom. The number of aromatic nitrogens is 1. The van der Waals surface area contributed by atoms with Gasteiger partial charge in [0.25, 0.3) is 0 Å². The molecule has 0 aliphatic heterocycles. The first-order valence-corrected chi connectivity index (χ1v) is 13.0. The van der Waals surface area contributed by atoms with Gasteiger partial charge in [0.2, 0.25) is 11.8 Å². The van der Waals surface area contributed by atoms with Crippen molar-refractivity contribution in [3.05, 3.63) is 66.1 Å². The van der Waals surface area contributed by atoms with Crippen LogP contribution in [0.4, 0.5) is 0 Å². The number of hydrogen-bond acceptors (Lipinski definition) is 7. The van der Waals surface area contributed by atoms with Gasteiger partial charge in [-0.1, -0.05) is 42.5 Å². The lowest BCUT2D eigenvalue weighted by Crippen LogP contribution is -2.50. The van der Waals surface area contributed by atoms with Gasteiger partial charge in [-0.3, -0.25) is 4.79 Å². The number of rotatable bonds is 11. The van der Waals surface area contributed by atoms with Crippen molar-refractivity contribution in [1.29, 1.82) is 0 Å². The standard InChI is InChI=1S/C24H29N3O5S/c25-18(15-33(30,31)14-17-10-11-17)23(29)26-20(13-12-16-6-2-1-3-7-16)22(28)24-27-19-8-4-5-9-21(19)32-24/h1-9,17-18,20,22,28H,10-15,25H2,(H,26,29)/t18?,20-,22+/m1/s1. The van der Waals surface area contributed by atoms with Crippen molar-refractivity contribution in [2.75, 3.05) is 11.5 Å². The van der Waals surface area contributed by atoms with Crippen LogP contribution in [0.3, 0.4) is 0 Å². The summed E-state index contributed by atoms with van der Waals surface area (Å²) >= 11 is 0. The minimum atomic E-state index is -3.42. The lowest BCUT2D eigenvalue weighted by atomic mass is 10.0. The monoisotopic (exact) mass is 471 g/mol. The summed E-state index contributed by atoms with van der Waals surface area (Å²) in [5.74, 6) is -0.701. The van der Waals surface area contributed by atoms with Crippen molar-refractivity contribution in [3.63, 3.8) is 0 Å². The van der Waals surface area contributed by atoms with E-state index in [1.807, 2.05) is 36.4 Å². The second-order valence-corrected chi connectivity index (χ2v) is 10.9. The summed E-state index contributed by atoms with van der Waals surface area (Å²) in [4.78, 5) is 17.1. The molecule has 1 amide bonds. The number of para-hydroxylation sites is 2. The smallest absolute Gasteiger partial charge is 0.238 e. The second-order valence-electron chi connectivity index (χ2n) is 8.73. The molecular weight excluding hydrogens is 442 g/mol. The number of carbonyl (C=O) groups is 1. The number of hydrogen-bond donors (Lipinski definition) is 3. The molecule has 9 heteroatoms. The van der Waals surface area contributed by atoms with E-state index in [-0.39, 0.29) is 17.6 Å². The average molecular weight is 472 g/mol. The number of aliphatic hydroxyl groups excluding tert-OH is 1. The highest BCUT2D eigenvalue weighted by atomic mass is 32.2. The third-order valence-electron chi connectivity index (χ3n) is 5.82. The van der Waals surface area contributed by atoms with Crippen molar-refractivity contribution in [2.24, 2.45) is 11.7 Å². The Balaban J connectivity index is 1.47. The molecule has 8 nitrogen and oxygen atoms in total. The van der Waals surface area contributed by atoms with Crippen molar-refractivity contribution >= 4 is 26.8 Å². The highest BCUT2D eigenvalue weighted by Gasteiger charge is 2.33. The molecular formula is C24H29N3O5S. The van der Waals surface area contributed by atoms with E-state index in [4.69, 9.17) is 10.2 Å². The molecule has 0 saturated heterocycles. The zero-order chi connectivity index (χ0) is 23.4. The van der Waals surface area contributed by atoms with Crippen LogP contribution in [0.25, 0.3) is 11.1 Å². The number of benzene rings is 2. The van der Waals surface area contributed by atoms with E-state index >= 15 is 0 Å². The number of nitrogens with one attached hydrogen (secondary N) is 1. The summed E-state index contributed by atoms with van der Waals surface area (Å²) in [6.45, 7) is 0. The van der Waals surface area contributed by atoms with Gasteiger partial charge in [0.15, 0.2) is 21.5 Å². The summed E-state index contributed by atoms with van der Waals surface area (Å²) in [7, 11) is -3.42. The van der Waals surface area contributed by atoms with E-state index in [0.29, 0.717) is 23.9 Å². The first-order valence-electron chi connectivity index (χ1n) is 11.1. The molecule has 176 valence electrons. The SMILES string of the molecule is NC(CS(=O)(=O)CC1CC1)C(=O)N[C@H](CCc1ccccc1)[C@H](O)c1nc2ccccc2o1. The number of amides is 1. The molecule has 2 aromatic carbocycles. The van der Waals surface area contributed by atoms with Crippen LogP contribution in [0.1, 0.15) is 36.8 Å². The minimum absolute atomic E-state index is 0.0664. The topological polar surface area (TPSA) is 136 Å². The van der Waals surface area contributed by atoms with Gasteiger partial charge in [0.05, 0.1) is 23.6 Å². The highest BCUT2D eigenvalue weighted by Crippen LogP contribution is 2.30. The Morgan fingerprint density at radius 2 is 1.85 bits per heavy atom. The van der Waals surface area contributed by atoms with Crippen molar-refractivity contribution in [1.82, 2.24) is 10.3 Å². The van der Waals surface area contributed by atoms with E-state index in [9.17, 15) is 18.3 Å². The molecule has 33 heavy (non-hydrogen) atoms. The molecule has 1 heterocycles. The number of aliphatic hydroxyl groups is 1. The van der Waals surface area contributed by atoms with Gasteiger partial charge in [-0.05, 0) is 49.3 Å². The molecule has 1 aliphatic carbocycles. The predicted molar refractivity (Wildman–Crippen MR) is 125 cm³/mol. The third kappa shape index (κ3) is 6.40. The molecule has 4 rings (SSSR count). The van der Waals surface area contributed by atoms with Gasteiger partial charge < -0.3 is 20.6 Å². The fourth-order valence-corrected chi connectivity index (χ4v) is 5.70. The summed E-state index contributed by atoms with van der Waals surface area (Å²) in [6.07, 6.45) is 1.55. The van der Waals surface area contributed by atoms with Crippen LogP contribution in [0.5, 0.6) is 0 Å².